The van der Waals surface area contributed by atoms with Crippen LogP contribution in [-0.2, 0) is 10.0 Å². The highest BCUT2D eigenvalue weighted by Gasteiger charge is 2.28. The van der Waals surface area contributed by atoms with Crippen molar-refractivity contribution in [3.63, 3.8) is 0 Å². The van der Waals surface area contributed by atoms with Crippen molar-refractivity contribution in [3.05, 3.63) is 17.8 Å². The lowest BCUT2D eigenvalue weighted by Gasteiger charge is -2.15. The molecule has 94 valence electrons. The third kappa shape index (κ3) is 2.76. The Labute approximate surface area is 101 Å². The zero-order valence-corrected chi connectivity index (χ0v) is 10.7. The Bertz CT molecular complexity index is 522. The van der Waals surface area contributed by atoms with Crippen molar-refractivity contribution in [2.45, 2.75) is 43.7 Å². The molecule has 0 atom stereocenters. The van der Waals surface area contributed by atoms with Crippen molar-refractivity contribution in [1.29, 1.82) is 0 Å². The number of sulfonamides is 1. The largest absolute Gasteiger partial charge is 0.490 e. The number of hydrogen-bond donors (Lipinski definition) is 1. The van der Waals surface area contributed by atoms with Crippen molar-refractivity contribution in [2.24, 2.45) is 5.14 Å². The van der Waals surface area contributed by atoms with Crippen LogP contribution in [0, 0.1) is 0 Å². The van der Waals surface area contributed by atoms with E-state index >= 15 is 0 Å². The summed E-state index contributed by atoms with van der Waals surface area (Å²) in [4.78, 5) is 3.87. The van der Waals surface area contributed by atoms with Gasteiger partial charge in [0.1, 0.15) is 5.75 Å². The maximum Gasteiger partial charge on any atom is 0.255 e. The molecule has 1 aliphatic rings. The number of pyridine rings is 1. The molecule has 0 spiro atoms. The predicted molar refractivity (Wildman–Crippen MR) is 63.3 cm³/mol. The average molecular weight is 256 g/mol. The van der Waals surface area contributed by atoms with Gasteiger partial charge < -0.3 is 4.74 Å². The van der Waals surface area contributed by atoms with Gasteiger partial charge in [-0.25, -0.2) is 18.5 Å². The number of primary sulfonamides is 1. The van der Waals surface area contributed by atoms with Gasteiger partial charge in [0.2, 0.25) is 0 Å². The Hall–Kier alpha value is -1.14. The second kappa shape index (κ2) is 4.27. The Morgan fingerprint density at radius 2 is 2.12 bits per heavy atom. The molecular formula is C11H16N2O3S. The number of nitrogens with zero attached hydrogens (tertiary/aromatic N) is 1. The van der Waals surface area contributed by atoms with Crippen LogP contribution in [0.4, 0.5) is 0 Å². The lowest BCUT2D eigenvalue weighted by molar-refractivity contribution is 0.297. The number of rotatable bonds is 4. The first-order valence-corrected chi connectivity index (χ1v) is 7.12. The van der Waals surface area contributed by atoms with Crippen molar-refractivity contribution >= 4 is 10.0 Å². The fraction of sp³-hybridized carbons (Fsp3) is 0.545. The minimum absolute atomic E-state index is 0.00854. The molecule has 1 heterocycles. The summed E-state index contributed by atoms with van der Waals surface area (Å²) < 4.78 is 28.6. The van der Waals surface area contributed by atoms with Gasteiger partial charge in [-0.1, -0.05) is 13.8 Å². The summed E-state index contributed by atoms with van der Waals surface area (Å²) in [5.41, 5.74) is 0.571. The Kier molecular flexibility index (Phi) is 3.09. The van der Waals surface area contributed by atoms with Crippen LogP contribution >= 0.6 is 0 Å². The molecule has 5 nitrogen and oxygen atoms in total. The van der Waals surface area contributed by atoms with Crippen LogP contribution in [0.2, 0.25) is 0 Å². The van der Waals surface area contributed by atoms with Crippen LogP contribution in [0.3, 0.4) is 0 Å². The van der Waals surface area contributed by atoms with Gasteiger partial charge in [-0.2, -0.15) is 0 Å². The quantitative estimate of drug-likeness (QED) is 0.882. The normalized spacial score (nSPS) is 16.2. The second-order valence-electron chi connectivity index (χ2n) is 4.54. The van der Waals surface area contributed by atoms with Crippen LogP contribution in [0.25, 0.3) is 0 Å². The van der Waals surface area contributed by atoms with Gasteiger partial charge in [-0.3, -0.25) is 0 Å². The van der Waals surface area contributed by atoms with Gasteiger partial charge in [0.25, 0.3) is 10.0 Å². The molecule has 0 aromatic carbocycles. The van der Waals surface area contributed by atoms with E-state index in [4.69, 9.17) is 9.88 Å². The van der Waals surface area contributed by atoms with Crippen molar-refractivity contribution < 1.29 is 13.2 Å². The Morgan fingerprint density at radius 3 is 2.59 bits per heavy atom. The molecule has 1 saturated carbocycles. The maximum absolute atomic E-state index is 11.5. The summed E-state index contributed by atoms with van der Waals surface area (Å²) in [7, 11) is -3.81. The maximum atomic E-state index is 11.5. The third-order valence-corrected chi connectivity index (χ3v) is 3.44. The zero-order chi connectivity index (χ0) is 12.6. The van der Waals surface area contributed by atoms with E-state index in [0.717, 1.165) is 12.8 Å². The molecule has 17 heavy (non-hydrogen) atoms. The van der Waals surface area contributed by atoms with E-state index in [1.807, 2.05) is 13.8 Å². The van der Waals surface area contributed by atoms with Gasteiger partial charge in [-0.15, -0.1) is 0 Å². The van der Waals surface area contributed by atoms with Gasteiger partial charge >= 0.3 is 0 Å². The first kappa shape index (κ1) is 12.3. The van der Waals surface area contributed by atoms with E-state index in [1.54, 1.807) is 6.07 Å². The van der Waals surface area contributed by atoms with Crippen molar-refractivity contribution in [1.82, 2.24) is 4.98 Å². The smallest absolute Gasteiger partial charge is 0.255 e. The fourth-order valence-electron chi connectivity index (χ4n) is 1.66. The first-order chi connectivity index (χ1) is 7.89. The molecule has 0 aliphatic heterocycles. The first-order valence-electron chi connectivity index (χ1n) is 5.58. The molecule has 6 heteroatoms. The SMILES string of the molecule is CC(C)c1c(OC2CC2)ccnc1S(N)(=O)=O. The number of nitrogens with two attached hydrogens (primary N) is 1. The van der Waals surface area contributed by atoms with Crippen LogP contribution < -0.4 is 9.88 Å². The highest BCUT2D eigenvalue weighted by Crippen LogP contribution is 2.34. The molecule has 1 aliphatic carbocycles. The zero-order valence-electron chi connectivity index (χ0n) is 9.88. The van der Waals surface area contributed by atoms with Crippen LogP contribution in [0.15, 0.2) is 17.3 Å². The summed E-state index contributed by atoms with van der Waals surface area (Å²) in [6.07, 6.45) is 3.67. The lowest BCUT2D eigenvalue weighted by Crippen LogP contribution is -2.18. The molecule has 2 rings (SSSR count). The standard InChI is InChI=1S/C11H16N2O3S/c1-7(2)10-9(16-8-3-4-8)5-6-13-11(10)17(12,14)15/h5-8H,3-4H2,1-2H3,(H2,12,14,15). The monoisotopic (exact) mass is 256 g/mol. The van der Waals surface area contributed by atoms with Crippen molar-refractivity contribution in [2.75, 3.05) is 0 Å². The van der Waals surface area contributed by atoms with Gasteiger partial charge in [0.05, 0.1) is 6.10 Å². The molecule has 1 fully saturated rings. The van der Waals surface area contributed by atoms with Crippen LogP contribution in [0.5, 0.6) is 5.75 Å². The number of aromatic nitrogens is 1. The van der Waals surface area contributed by atoms with E-state index in [-0.39, 0.29) is 17.0 Å². The number of hydrogen-bond acceptors (Lipinski definition) is 4. The molecule has 0 saturated heterocycles. The molecule has 0 bridgehead atoms. The summed E-state index contributed by atoms with van der Waals surface area (Å²) in [5, 5.41) is 5.09. The van der Waals surface area contributed by atoms with Crippen LogP contribution in [-0.4, -0.2) is 19.5 Å². The van der Waals surface area contributed by atoms with Crippen LogP contribution in [0.1, 0.15) is 38.2 Å². The van der Waals surface area contributed by atoms with Gasteiger partial charge in [-0.05, 0) is 24.8 Å². The topological polar surface area (TPSA) is 82.3 Å². The molecule has 1 aromatic rings. The minimum Gasteiger partial charge on any atom is -0.490 e. The fourth-order valence-corrected chi connectivity index (χ4v) is 2.51. The highest BCUT2D eigenvalue weighted by molar-refractivity contribution is 7.89. The lowest BCUT2D eigenvalue weighted by atomic mass is 10.0. The van der Waals surface area contributed by atoms with Gasteiger partial charge in [0.15, 0.2) is 5.03 Å². The predicted octanol–water partition coefficient (Wildman–Crippen LogP) is 1.39. The second-order valence-corrected chi connectivity index (χ2v) is 6.02. The molecular weight excluding hydrogens is 240 g/mol. The Morgan fingerprint density at radius 1 is 1.47 bits per heavy atom. The van der Waals surface area contributed by atoms with E-state index in [9.17, 15) is 8.42 Å². The average Bonchev–Trinajstić information content (AvgIpc) is 2.99. The van der Waals surface area contributed by atoms with E-state index in [2.05, 4.69) is 4.98 Å². The third-order valence-electron chi connectivity index (χ3n) is 2.58. The summed E-state index contributed by atoms with van der Waals surface area (Å²) in [6, 6.07) is 1.70. The van der Waals surface area contributed by atoms with Gasteiger partial charge in [0, 0.05) is 11.8 Å². The summed E-state index contributed by atoms with van der Waals surface area (Å²) in [6.45, 7) is 3.79. The highest BCUT2D eigenvalue weighted by atomic mass is 32.2. The molecule has 2 N–H and O–H groups in total. The molecule has 1 aromatic heterocycles. The van der Waals surface area contributed by atoms with E-state index < -0.39 is 10.0 Å². The van der Waals surface area contributed by atoms with Crippen molar-refractivity contribution in [3.8, 4) is 5.75 Å². The van der Waals surface area contributed by atoms with E-state index in [0.29, 0.717) is 11.3 Å². The van der Waals surface area contributed by atoms with E-state index in [1.165, 1.54) is 6.20 Å². The summed E-state index contributed by atoms with van der Waals surface area (Å²) >= 11 is 0. The molecule has 0 radical (unpaired) electrons. The minimum atomic E-state index is -3.81. The molecule has 0 unspecified atom stereocenters. The number of ether oxygens (including phenoxy) is 1. The Balaban J connectivity index is 2.51. The molecule has 0 amide bonds. The summed E-state index contributed by atoms with van der Waals surface area (Å²) in [5.74, 6) is 0.576.